The van der Waals surface area contributed by atoms with Gasteiger partial charge in [0.25, 0.3) is 0 Å². The summed E-state index contributed by atoms with van der Waals surface area (Å²) in [7, 11) is 3.25. The van der Waals surface area contributed by atoms with Gasteiger partial charge in [-0.2, -0.15) is 0 Å². The molecular formula is C66H78N2O12. The first-order chi connectivity index (χ1) is 38.5. The number of aromatic hydroxyl groups is 1. The van der Waals surface area contributed by atoms with Crippen molar-refractivity contribution in [2.75, 3.05) is 32.6 Å². The van der Waals surface area contributed by atoms with Crippen LogP contribution in [-0.2, 0) is 49.5 Å². The zero-order valence-electron chi connectivity index (χ0n) is 46.2. The summed E-state index contributed by atoms with van der Waals surface area (Å²) in [6.07, 6.45) is 13.1. The van der Waals surface area contributed by atoms with Crippen LogP contribution in [0.25, 0.3) is 0 Å². The van der Waals surface area contributed by atoms with E-state index in [9.17, 15) is 40.2 Å². The van der Waals surface area contributed by atoms with E-state index in [1.54, 1.807) is 13.1 Å². The standard InChI is InChI=1S/C66H78N2O12/c1-65(76,55(71)33-78-3)34-68-53-29-41(27-49-46(53)20-21-52(67-2)62(49)74)38-16-17-39-32-57(72)80-63-48(39)28-42(61(73)58(63)37-12-5-4-6-13-37)31-56-66(77)51-15-8-7-14-45(51)47-19-18-40-30-54(70)50(59(47)60(40)66)24-36-11-9-10-35(22-36)23-44(69)26-43(25-38)64(75)79-56/h7,9-11,14,18-19,22,26-29,37-40,44-45,47,50-52,55-56,59-60,62,67-69,71,73-74,76-77H,4-6,8,12-13,15,20-21,23-25,30-34H2,1-3H3/b43-26-/t38-,39-,40+,44+,45+,47+,50-,51+,52+,55-,56-,59-,60+,62-,65-,66-/m1/s1. The van der Waals surface area contributed by atoms with Crippen LogP contribution in [-0.4, -0.2) is 111 Å². The van der Waals surface area contributed by atoms with E-state index < -0.39 is 77.1 Å². The van der Waals surface area contributed by atoms with Crippen molar-refractivity contribution in [3.8, 4) is 23.3 Å². The smallest absolute Gasteiger partial charge is 0.334 e. The van der Waals surface area contributed by atoms with E-state index in [1.807, 2.05) is 42.5 Å². The van der Waals surface area contributed by atoms with Gasteiger partial charge in [-0.3, -0.25) is 9.59 Å². The number of aliphatic hydroxyl groups is 5. The average molecular weight is 1090 g/mol. The number of rotatable bonds is 9. The fourth-order valence-corrected chi connectivity index (χ4v) is 16.3. The number of carbonyl (C=O) groups excluding carboxylic acids is 3. The van der Waals surface area contributed by atoms with Crippen LogP contribution in [0, 0.1) is 53.3 Å². The third-order valence-electron chi connectivity index (χ3n) is 20.4. The predicted octanol–water partition coefficient (Wildman–Crippen LogP) is 7.25. The minimum Gasteiger partial charge on any atom is -0.507 e. The highest BCUT2D eigenvalue weighted by molar-refractivity contribution is 5.89. The molecule has 80 heavy (non-hydrogen) atoms. The number of methoxy groups -OCH3 is 1. The van der Waals surface area contributed by atoms with Crippen molar-refractivity contribution in [1.29, 1.82) is 0 Å². The summed E-state index contributed by atoms with van der Waals surface area (Å²) >= 11 is 0. The molecule has 0 amide bonds. The van der Waals surface area contributed by atoms with Crippen molar-refractivity contribution >= 4 is 23.4 Å². The van der Waals surface area contributed by atoms with Gasteiger partial charge in [0.2, 0.25) is 0 Å². The number of carbonyl (C=O) groups is 3. The number of phenols is 1. The molecular weight excluding hydrogens is 1010 g/mol. The van der Waals surface area contributed by atoms with Crippen molar-refractivity contribution < 1.29 is 59.2 Å². The van der Waals surface area contributed by atoms with Crippen LogP contribution in [0.2, 0.25) is 0 Å². The molecule has 0 unspecified atom stereocenters. The highest BCUT2D eigenvalue weighted by Gasteiger charge is 2.67. The number of hydrogen-bond acceptors (Lipinski definition) is 14. The topological polar surface area (TPSA) is 224 Å². The van der Waals surface area contributed by atoms with E-state index in [1.165, 1.54) is 14.0 Å². The predicted molar refractivity (Wildman–Crippen MR) is 300 cm³/mol. The van der Waals surface area contributed by atoms with Crippen molar-refractivity contribution in [3.05, 3.63) is 123 Å². The Hall–Kier alpha value is -5.63. The van der Waals surface area contributed by atoms with E-state index in [2.05, 4.69) is 46.8 Å². The Labute approximate surface area is 469 Å². The lowest BCUT2D eigenvalue weighted by atomic mass is 9.42. The van der Waals surface area contributed by atoms with E-state index in [0.29, 0.717) is 71.4 Å². The minimum absolute atomic E-state index is 0.0439. The second kappa shape index (κ2) is 21.9. The lowest BCUT2D eigenvalue weighted by Crippen LogP contribution is -2.70. The van der Waals surface area contributed by atoms with E-state index in [-0.39, 0.29) is 98.0 Å². The third kappa shape index (κ3) is 9.86. The lowest BCUT2D eigenvalue weighted by Gasteiger charge is -2.64. The minimum atomic E-state index is -1.72. The first kappa shape index (κ1) is 54.9. The number of ether oxygens (including phenoxy) is 3. The molecule has 14 nitrogen and oxygen atoms in total. The number of anilines is 1. The van der Waals surface area contributed by atoms with Crippen molar-refractivity contribution in [3.63, 3.8) is 0 Å². The Bertz CT molecular complexity index is 3090. The normalized spacial score (nSPS) is 35.3. The van der Waals surface area contributed by atoms with Gasteiger partial charge in [0.05, 0.1) is 31.2 Å². The van der Waals surface area contributed by atoms with Crippen LogP contribution in [0.5, 0.6) is 11.5 Å². The van der Waals surface area contributed by atoms with Crippen LogP contribution in [0.3, 0.4) is 0 Å². The largest absolute Gasteiger partial charge is 0.507 e. The van der Waals surface area contributed by atoms with Crippen LogP contribution in [0.4, 0.5) is 5.69 Å². The quantitative estimate of drug-likeness (QED) is 0.0458. The van der Waals surface area contributed by atoms with Gasteiger partial charge in [-0.25, -0.2) is 4.79 Å². The summed E-state index contributed by atoms with van der Waals surface area (Å²) in [6.45, 7) is 1.33. The number of esters is 2. The molecule has 0 aromatic heterocycles. The van der Waals surface area contributed by atoms with E-state index in [4.69, 9.17) is 14.2 Å². The highest BCUT2D eigenvalue weighted by atomic mass is 16.6. The number of likely N-dealkylation sites (N-methyl/N-ethyl adjacent to an activating group) is 1. The summed E-state index contributed by atoms with van der Waals surface area (Å²) in [5.41, 5.74) is 2.80. The zero-order chi connectivity index (χ0) is 55.8. The van der Waals surface area contributed by atoms with Crippen LogP contribution < -0.4 is 15.4 Å². The SMILES string of the molecule is CN[C@H]1CCc2c(NC[C@@](C)(O)[C@H](O)COC)cc([C@@H]3C#C[C@@H]4CC(=O)Oc5c4cc(c(O)c5C4CCCCC4)C[C@H]4OC(=O)/C(=C\[C@@H](O)Cc5cccc(c5)C[C@@H]5C(=O)C[C@@H]6C=C[C@H]7[C@@H]8C=CCC[C@@H]8[C@]4(O)[C@@H]6[C@H]75)C3)cc2[C@H]1O. The number of phenolic OH excluding ortho intramolecular Hbond substituents is 1. The first-order valence-corrected chi connectivity index (χ1v) is 29.6. The number of ketones is 1. The summed E-state index contributed by atoms with van der Waals surface area (Å²) in [5.74, 6) is 2.31. The number of Topliss-reactive ketones (excluding diaryl/α,β-unsaturated/α-hetero) is 1. The maximum atomic E-state index is 16.0. The summed E-state index contributed by atoms with van der Waals surface area (Å²) < 4.78 is 18.5. The highest BCUT2D eigenvalue weighted by Crippen LogP contribution is 2.64. The monoisotopic (exact) mass is 1090 g/mol. The molecule has 424 valence electrons. The molecule has 8 N–H and O–H groups in total. The van der Waals surface area contributed by atoms with Crippen molar-refractivity contribution in [1.82, 2.24) is 5.32 Å². The molecule has 3 aromatic rings. The number of hydrogen-bond donors (Lipinski definition) is 8. The molecule has 3 aromatic carbocycles. The Kier molecular flexibility index (Phi) is 15.1. The molecule has 3 fully saturated rings. The molecule has 0 spiro atoms. The van der Waals surface area contributed by atoms with Gasteiger partial charge >= 0.3 is 11.9 Å². The number of aliphatic hydroxyl groups excluding tert-OH is 3. The Morgan fingerprint density at radius 3 is 2.46 bits per heavy atom. The second-order valence-electron chi connectivity index (χ2n) is 25.2. The number of benzene rings is 3. The molecule has 12 rings (SSSR count). The van der Waals surface area contributed by atoms with Crippen LogP contribution >= 0.6 is 0 Å². The maximum Gasteiger partial charge on any atom is 0.334 e. The van der Waals surface area contributed by atoms with Crippen LogP contribution in [0.15, 0.2) is 78.4 Å². The van der Waals surface area contributed by atoms with Gasteiger partial charge in [0.1, 0.15) is 40.7 Å². The van der Waals surface area contributed by atoms with Gasteiger partial charge in [-0.1, -0.05) is 85.7 Å². The molecule has 3 saturated carbocycles. The molecule has 12 bridgehead atoms. The Morgan fingerprint density at radius 1 is 0.887 bits per heavy atom. The molecule has 6 aliphatic carbocycles. The average Bonchev–Trinajstić information content (AvgIpc) is 1.79. The van der Waals surface area contributed by atoms with Gasteiger partial charge in [-0.15, -0.1) is 0 Å². The molecule has 0 saturated heterocycles. The number of nitrogens with one attached hydrogen (secondary N) is 2. The maximum absolute atomic E-state index is 16.0. The molecule has 3 aliphatic heterocycles. The third-order valence-corrected chi connectivity index (χ3v) is 20.4. The first-order valence-electron chi connectivity index (χ1n) is 29.6. The lowest BCUT2D eigenvalue weighted by molar-refractivity contribution is -0.239. The summed E-state index contributed by atoms with van der Waals surface area (Å²) in [4.78, 5) is 44.7. The molecule has 16 atom stereocenters. The molecule has 0 radical (unpaired) electrons. The number of fused-ring (bicyclic) bond motifs is 11. The number of allylic oxidation sites excluding steroid dienone is 4. The Morgan fingerprint density at radius 2 is 1.68 bits per heavy atom. The fraction of sp³-hybridized carbons (Fsp3) is 0.561. The van der Waals surface area contributed by atoms with Crippen LogP contribution in [0.1, 0.15) is 146 Å². The molecule has 9 aliphatic rings. The molecule has 3 heterocycles. The van der Waals surface area contributed by atoms with Crippen molar-refractivity contribution in [2.24, 2.45) is 41.4 Å². The summed E-state index contributed by atoms with van der Waals surface area (Å²) in [6, 6.07) is 13.3. The summed E-state index contributed by atoms with van der Waals surface area (Å²) in [5, 5.41) is 81.1. The van der Waals surface area contributed by atoms with Gasteiger partial charge in [0, 0.05) is 79.1 Å². The van der Waals surface area contributed by atoms with Gasteiger partial charge in [0.15, 0.2) is 0 Å². The molecule has 14 heteroatoms. The van der Waals surface area contributed by atoms with E-state index >= 15 is 4.79 Å². The van der Waals surface area contributed by atoms with Gasteiger partial charge in [-0.05, 0) is 152 Å². The Balaban J connectivity index is 1.09. The van der Waals surface area contributed by atoms with Gasteiger partial charge < -0.3 is 55.5 Å². The fourth-order valence-electron chi connectivity index (χ4n) is 16.3. The van der Waals surface area contributed by atoms with Crippen molar-refractivity contribution in [2.45, 2.75) is 163 Å². The second-order valence-corrected chi connectivity index (χ2v) is 25.2. The van der Waals surface area contributed by atoms with E-state index in [0.717, 1.165) is 48.8 Å². The zero-order valence-corrected chi connectivity index (χ0v) is 46.2.